The predicted octanol–water partition coefficient (Wildman–Crippen LogP) is 1.13. The average molecular weight is 326 g/mol. The standard InChI is InChI=1S/C13H16BrN3O2/c1-9-8-10(14)2-3-11(9)16-12(18)13(19)17-6-4-15-5-7-17/h2-3,8,15H,4-7H2,1H3,(H,16,18). The Morgan fingerprint density at radius 1 is 1.32 bits per heavy atom. The molecule has 1 fully saturated rings. The van der Waals surface area contributed by atoms with Crippen molar-refractivity contribution in [2.75, 3.05) is 31.5 Å². The lowest BCUT2D eigenvalue weighted by Crippen LogP contribution is -2.49. The summed E-state index contributed by atoms with van der Waals surface area (Å²) in [6.07, 6.45) is 0. The second-order valence-electron chi connectivity index (χ2n) is 4.46. The molecule has 1 aromatic rings. The van der Waals surface area contributed by atoms with Gasteiger partial charge in [-0.1, -0.05) is 15.9 Å². The fourth-order valence-corrected chi connectivity index (χ4v) is 2.43. The highest BCUT2D eigenvalue weighted by Gasteiger charge is 2.23. The van der Waals surface area contributed by atoms with E-state index in [0.29, 0.717) is 18.8 Å². The Hall–Kier alpha value is -1.40. The van der Waals surface area contributed by atoms with Crippen LogP contribution in [-0.2, 0) is 9.59 Å². The fourth-order valence-electron chi connectivity index (χ4n) is 1.95. The Morgan fingerprint density at radius 2 is 2.00 bits per heavy atom. The van der Waals surface area contributed by atoms with Crippen LogP contribution in [0.25, 0.3) is 0 Å². The van der Waals surface area contributed by atoms with Crippen molar-refractivity contribution in [1.82, 2.24) is 10.2 Å². The minimum atomic E-state index is -0.577. The maximum atomic E-state index is 12.0. The molecule has 0 radical (unpaired) electrons. The van der Waals surface area contributed by atoms with E-state index in [9.17, 15) is 9.59 Å². The molecule has 0 spiro atoms. The van der Waals surface area contributed by atoms with E-state index in [4.69, 9.17) is 0 Å². The van der Waals surface area contributed by atoms with Gasteiger partial charge in [-0.3, -0.25) is 9.59 Å². The first-order chi connectivity index (χ1) is 9.08. The lowest BCUT2D eigenvalue weighted by molar-refractivity contribution is -0.143. The first-order valence-electron chi connectivity index (χ1n) is 6.15. The number of rotatable bonds is 1. The first-order valence-corrected chi connectivity index (χ1v) is 6.94. The lowest BCUT2D eigenvalue weighted by Gasteiger charge is -2.26. The number of benzene rings is 1. The number of anilines is 1. The highest BCUT2D eigenvalue weighted by molar-refractivity contribution is 9.10. The van der Waals surface area contributed by atoms with Gasteiger partial charge in [-0.05, 0) is 30.7 Å². The van der Waals surface area contributed by atoms with E-state index >= 15 is 0 Å². The third-order valence-electron chi connectivity index (χ3n) is 3.04. The molecule has 2 amide bonds. The van der Waals surface area contributed by atoms with Crippen molar-refractivity contribution >= 4 is 33.4 Å². The molecule has 0 aromatic heterocycles. The van der Waals surface area contributed by atoms with Gasteiger partial charge in [0.15, 0.2) is 0 Å². The maximum absolute atomic E-state index is 12.0. The molecule has 1 saturated heterocycles. The van der Waals surface area contributed by atoms with Gasteiger partial charge in [0.25, 0.3) is 0 Å². The summed E-state index contributed by atoms with van der Waals surface area (Å²) in [5, 5.41) is 5.81. The zero-order chi connectivity index (χ0) is 13.8. The molecule has 0 unspecified atom stereocenters. The third kappa shape index (κ3) is 3.54. The Morgan fingerprint density at radius 3 is 2.63 bits per heavy atom. The van der Waals surface area contributed by atoms with Crippen molar-refractivity contribution in [3.05, 3.63) is 28.2 Å². The topological polar surface area (TPSA) is 61.4 Å². The van der Waals surface area contributed by atoms with Crippen LogP contribution in [0.1, 0.15) is 5.56 Å². The summed E-state index contributed by atoms with van der Waals surface area (Å²) >= 11 is 3.36. The van der Waals surface area contributed by atoms with E-state index in [1.807, 2.05) is 19.1 Å². The Balaban J connectivity index is 2.01. The normalized spacial score (nSPS) is 15.2. The summed E-state index contributed by atoms with van der Waals surface area (Å²) in [6.45, 7) is 4.50. The highest BCUT2D eigenvalue weighted by atomic mass is 79.9. The molecule has 6 heteroatoms. The number of hydrogen-bond acceptors (Lipinski definition) is 3. The molecule has 1 heterocycles. The summed E-state index contributed by atoms with van der Waals surface area (Å²) in [7, 11) is 0. The van der Waals surface area contributed by atoms with Gasteiger partial charge in [-0.25, -0.2) is 0 Å². The van der Waals surface area contributed by atoms with E-state index in [0.717, 1.165) is 23.1 Å². The maximum Gasteiger partial charge on any atom is 0.313 e. The van der Waals surface area contributed by atoms with Crippen LogP contribution in [0.5, 0.6) is 0 Å². The zero-order valence-electron chi connectivity index (χ0n) is 10.7. The molecule has 0 saturated carbocycles. The SMILES string of the molecule is Cc1cc(Br)ccc1NC(=O)C(=O)N1CCNCC1. The summed E-state index contributed by atoms with van der Waals surface area (Å²) in [4.78, 5) is 25.4. The van der Waals surface area contributed by atoms with Gasteiger partial charge in [0.05, 0.1) is 0 Å². The molecule has 0 aliphatic carbocycles. The van der Waals surface area contributed by atoms with Crippen LogP contribution in [0.15, 0.2) is 22.7 Å². The van der Waals surface area contributed by atoms with E-state index in [2.05, 4.69) is 26.6 Å². The third-order valence-corrected chi connectivity index (χ3v) is 3.53. The van der Waals surface area contributed by atoms with Gasteiger partial charge in [0, 0.05) is 36.3 Å². The minimum Gasteiger partial charge on any atom is -0.332 e. The molecule has 0 bridgehead atoms. The Bertz CT molecular complexity index is 499. The summed E-state index contributed by atoms with van der Waals surface area (Å²) in [6, 6.07) is 5.51. The summed E-state index contributed by atoms with van der Waals surface area (Å²) < 4.78 is 0.941. The van der Waals surface area contributed by atoms with Crippen LogP contribution in [0.3, 0.4) is 0 Å². The van der Waals surface area contributed by atoms with Gasteiger partial charge in [0.2, 0.25) is 0 Å². The molecular weight excluding hydrogens is 310 g/mol. The molecule has 19 heavy (non-hydrogen) atoms. The average Bonchev–Trinajstić information content (AvgIpc) is 2.42. The molecule has 1 aromatic carbocycles. The number of amides is 2. The highest BCUT2D eigenvalue weighted by Crippen LogP contribution is 2.20. The number of aryl methyl sites for hydroxylation is 1. The monoisotopic (exact) mass is 325 g/mol. The van der Waals surface area contributed by atoms with E-state index in [1.165, 1.54) is 0 Å². The molecule has 0 atom stereocenters. The summed E-state index contributed by atoms with van der Waals surface area (Å²) in [5.41, 5.74) is 1.58. The quantitative estimate of drug-likeness (QED) is 0.761. The number of piperazine rings is 1. The number of nitrogens with zero attached hydrogens (tertiary/aromatic N) is 1. The largest absolute Gasteiger partial charge is 0.332 e. The van der Waals surface area contributed by atoms with Crippen LogP contribution in [0.2, 0.25) is 0 Å². The van der Waals surface area contributed by atoms with Crippen molar-refractivity contribution in [3.63, 3.8) is 0 Å². The van der Waals surface area contributed by atoms with Gasteiger partial charge in [-0.2, -0.15) is 0 Å². The Kier molecular flexibility index (Phi) is 4.55. The zero-order valence-corrected chi connectivity index (χ0v) is 12.3. The molecule has 102 valence electrons. The summed E-state index contributed by atoms with van der Waals surface area (Å²) in [5.74, 6) is -1.05. The number of carbonyl (C=O) groups is 2. The van der Waals surface area contributed by atoms with Crippen LogP contribution >= 0.6 is 15.9 Å². The van der Waals surface area contributed by atoms with Crippen molar-refractivity contribution in [2.24, 2.45) is 0 Å². The molecule has 1 aliphatic heterocycles. The van der Waals surface area contributed by atoms with Crippen molar-refractivity contribution in [3.8, 4) is 0 Å². The van der Waals surface area contributed by atoms with Crippen molar-refractivity contribution < 1.29 is 9.59 Å². The van der Waals surface area contributed by atoms with E-state index in [1.54, 1.807) is 11.0 Å². The van der Waals surface area contributed by atoms with Crippen LogP contribution < -0.4 is 10.6 Å². The van der Waals surface area contributed by atoms with Crippen LogP contribution in [-0.4, -0.2) is 42.9 Å². The minimum absolute atomic E-state index is 0.469. The first kappa shape index (κ1) is 14.0. The van der Waals surface area contributed by atoms with Crippen LogP contribution in [0.4, 0.5) is 5.69 Å². The van der Waals surface area contributed by atoms with Crippen LogP contribution in [0, 0.1) is 6.92 Å². The molecule has 2 rings (SSSR count). The van der Waals surface area contributed by atoms with E-state index < -0.39 is 11.8 Å². The molecule has 5 nitrogen and oxygen atoms in total. The molecule has 2 N–H and O–H groups in total. The number of halogens is 1. The second kappa shape index (κ2) is 6.16. The lowest BCUT2D eigenvalue weighted by atomic mass is 10.2. The number of nitrogens with one attached hydrogen (secondary N) is 2. The van der Waals surface area contributed by atoms with E-state index in [-0.39, 0.29) is 0 Å². The van der Waals surface area contributed by atoms with Gasteiger partial charge in [0.1, 0.15) is 0 Å². The molecule has 1 aliphatic rings. The van der Waals surface area contributed by atoms with Crippen molar-refractivity contribution in [2.45, 2.75) is 6.92 Å². The number of carbonyl (C=O) groups excluding carboxylic acids is 2. The van der Waals surface area contributed by atoms with Gasteiger partial charge >= 0.3 is 11.8 Å². The Labute approximate surface area is 120 Å². The van der Waals surface area contributed by atoms with Gasteiger partial charge in [-0.15, -0.1) is 0 Å². The smallest absolute Gasteiger partial charge is 0.313 e. The van der Waals surface area contributed by atoms with Gasteiger partial charge < -0.3 is 15.5 Å². The fraction of sp³-hybridized carbons (Fsp3) is 0.385. The van der Waals surface area contributed by atoms with Crippen molar-refractivity contribution in [1.29, 1.82) is 0 Å². The second-order valence-corrected chi connectivity index (χ2v) is 5.37. The predicted molar refractivity (Wildman–Crippen MR) is 77.0 cm³/mol. The number of hydrogen-bond donors (Lipinski definition) is 2. The molecular formula is C13H16BrN3O2.